The Morgan fingerprint density at radius 3 is 1.87 bits per heavy atom. The SMILES string of the molecule is CNC(=S)NNC(=O)CN(CCN(CC(=O)O)CC(=O)NNC(=S)N/N=C/c1cccc(O)c1)CC(=O)O. The fourth-order valence-electron chi connectivity index (χ4n) is 2.69. The minimum absolute atomic E-state index is 0.0338. The molecule has 0 aromatic heterocycles. The Morgan fingerprint density at radius 1 is 0.868 bits per heavy atom. The largest absolute Gasteiger partial charge is 0.508 e. The predicted octanol–water partition coefficient (Wildman–Crippen LogP) is -2.88. The summed E-state index contributed by atoms with van der Waals surface area (Å²) in [6.07, 6.45) is 1.39. The molecule has 0 heterocycles. The first kappa shape index (κ1) is 31.9. The van der Waals surface area contributed by atoms with Crippen molar-refractivity contribution in [3.8, 4) is 5.75 Å². The highest BCUT2D eigenvalue weighted by Crippen LogP contribution is 2.08. The number of amides is 2. The molecule has 0 radical (unpaired) electrons. The molecule has 1 aromatic rings. The Hall–Kier alpha value is -4.13. The van der Waals surface area contributed by atoms with Gasteiger partial charge in [0, 0.05) is 20.1 Å². The van der Waals surface area contributed by atoms with E-state index in [0.717, 1.165) is 0 Å². The zero-order chi connectivity index (χ0) is 28.5. The molecule has 0 bridgehead atoms. The molecule has 208 valence electrons. The molecule has 1 rings (SSSR count). The van der Waals surface area contributed by atoms with Crippen LogP contribution in [0.5, 0.6) is 5.75 Å². The molecular weight excluding hydrogens is 542 g/mol. The highest BCUT2D eigenvalue weighted by Gasteiger charge is 2.19. The molecule has 18 heteroatoms. The molecular formula is C20H29N9O7S2. The van der Waals surface area contributed by atoms with Gasteiger partial charge in [0.1, 0.15) is 5.75 Å². The minimum Gasteiger partial charge on any atom is -0.508 e. The zero-order valence-corrected chi connectivity index (χ0v) is 21.9. The van der Waals surface area contributed by atoms with E-state index in [4.69, 9.17) is 29.5 Å². The summed E-state index contributed by atoms with van der Waals surface area (Å²) in [6.45, 7) is -1.80. The normalized spacial score (nSPS) is 10.6. The van der Waals surface area contributed by atoms with Gasteiger partial charge in [0.05, 0.1) is 32.4 Å². The summed E-state index contributed by atoms with van der Waals surface area (Å²) in [5, 5.41) is 34.2. The number of nitrogens with zero attached hydrogens (tertiary/aromatic N) is 3. The van der Waals surface area contributed by atoms with Crippen LogP contribution in [-0.2, 0) is 19.2 Å². The Balaban J connectivity index is 2.57. The molecule has 0 saturated heterocycles. The maximum atomic E-state index is 12.3. The van der Waals surface area contributed by atoms with Gasteiger partial charge in [0.15, 0.2) is 5.11 Å². The lowest BCUT2D eigenvalue weighted by atomic mass is 10.2. The van der Waals surface area contributed by atoms with E-state index in [9.17, 15) is 29.4 Å². The van der Waals surface area contributed by atoms with Crippen LogP contribution in [0, 0.1) is 0 Å². The van der Waals surface area contributed by atoms with Crippen molar-refractivity contribution in [2.24, 2.45) is 5.10 Å². The number of nitrogens with one attached hydrogen (secondary N) is 6. The van der Waals surface area contributed by atoms with Gasteiger partial charge < -0.3 is 20.6 Å². The highest BCUT2D eigenvalue weighted by atomic mass is 32.1. The summed E-state index contributed by atoms with van der Waals surface area (Å²) in [5.74, 6) is -3.57. The van der Waals surface area contributed by atoms with Gasteiger partial charge >= 0.3 is 11.9 Å². The summed E-state index contributed by atoms with van der Waals surface area (Å²) >= 11 is 9.81. The molecule has 0 spiro atoms. The molecule has 0 aliphatic carbocycles. The van der Waals surface area contributed by atoms with Gasteiger partial charge in [-0.15, -0.1) is 0 Å². The van der Waals surface area contributed by atoms with Gasteiger partial charge in [-0.3, -0.25) is 56.1 Å². The Labute approximate surface area is 228 Å². The van der Waals surface area contributed by atoms with Crippen molar-refractivity contribution in [2.45, 2.75) is 0 Å². The van der Waals surface area contributed by atoms with Crippen LogP contribution in [0.3, 0.4) is 0 Å². The molecule has 38 heavy (non-hydrogen) atoms. The van der Waals surface area contributed by atoms with Gasteiger partial charge in [-0.05, 0) is 42.1 Å². The summed E-state index contributed by atoms with van der Waals surface area (Å²) < 4.78 is 0. The second kappa shape index (κ2) is 17.3. The van der Waals surface area contributed by atoms with Crippen LogP contribution in [-0.4, -0.2) is 112 Å². The fraction of sp³-hybridized carbons (Fsp3) is 0.350. The Bertz CT molecular complexity index is 1040. The molecule has 0 atom stereocenters. The van der Waals surface area contributed by atoms with Crippen molar-refractivity contribution in [2.75, 3.05) is 46.3 Å². The monoisotopic (exact) mass is 571 g/mol. The van der Waals surface area contributed by atoms with E-state index in [2.05, 4.69) is 37.5 Å². The second-order valence-corrected chi connectivity index (χ2v) is 8.24. The number of phenols is 1. The van der Waals surface area contributed by atoms with E-state index in [1.165, 1.54) is 35.2 Å². The summed E-state index contributed by atoms with van der Waals surface area (Å²) in [6, 6.07) is 6.30. The number of carboxylic acid groups (broad SMARTS) is 2. The first-order valence-corrected chi connectivity index (χ1v) is 11.6. The molecule has 2 amide bonds. The number of rotatable bonds is 13. The molecule has 9 N–H and O–H groups in total. The molecule has 1 aromatic carbocycles. The third-order valence-electron chi connectivity index (χ3n) is 4.29. The number of phenolic OH excluding ortho intramolecular Hbond substituents is 1. The number of hydrazine groups is 2. The number of hydrogen-bond acceptors (Lipinski definition) is 10. The van der Waals surface area contributed by atoms with Crippen LogP contribution < -0.4 is 32.4 Å². The zero-order valence-electron chi connectivity index (χ0n) is 20.3. The minimum atomic E-state index is -1.21. The van der Waals surface area contributed by atoms with Gasteiger partial charge in [-0.2, -0.15) is 5.10 Å². The highest BCUT2D eigenvalue weighted by molar-refractivity contribution is 7.80. The standard InChI is InChI=1S/C20H29N9O7S2/c1-21-19(37)26-23-15(31)9-28(11-17(33)34)5-6-29(12-18(35)36)10-16(32)24-27-20(38)25-22-8-13-3-2-4-14(30)7-13/h2-4,7-8,30H,5-6,9-12H2,1H3,(H,23,31)(H,24,32)(H,33,34)(H,35,36)(H2,21,26,37)(H2,25,27,38)/b22-8+. The van der Waals surface area contributed by atoms with Crippen LogP contribution in [0.25, 0.3) is 0 Å². The number of benzene rings is 1. The van der Waals surface area contributed by atoms with E-state index in [-0.39, 0.29) is 42.2 Å². The quantitative estimate of drug-likeness (QED) is 0.0659. The lowest BCUT2D eigenvalue weighted by Gasteiger charge is -2.25. The Kier molecular flexibility index (Phi) is 14.6. The van der Waals surface area contributed by atoms with E-state index in [1.807, 2.05) is 0 Å². The lowest BCUT2D eigenvalue weighted by Crippen LogP contribution is -2.52. The van der Waals surface area contributed by atoms with E-state index < -0.39 is 36.8 Å². The smallest absolute Gasteiger partial charge is 0.317 e. The second-order valence-electron chi connectivity index (χ2n) is 7.43. The molecule has 16 nitrogen and oxygen atoms in total. The predicted molar refractivity (Wildman–Crippen MR) is 144 cm³/mol. The molecule has 0 fully saturated rings. The van der Waals surface area contributed by atoms with Crippen molar-refractivity contribution >= 4 is 64.6 Å². The van der Waals surface area contributed by atoms with Gasteiger partial charge in [-0.25, -0.2) is 0 Å². The van der Waals surface area contributed by atoms with E-state index in [0.29, 0.717) is 5.56 Å². The van der Waals surface area contributed by atoms with Crippen molar-refractivity contribution in [1.82, 2.24) is 42.2 Å². The number of hydrogen-bond donors (Lipinski definition) is 9. The van der Waals surface area contributed by atoms with Crippen LogP contribution in [0.15, 0.2) is 29.4 Å². The van der Waals surface area contributed by atoms with E-state index >= 15 is 0 Å². The van der Waals surface area contributed by atoms with Crippen molar-refractivity contribution in [3.63, 3.8) is 0 Å². The number of aliphatic carboxylic acids is 2. The summed E-state index contributed by atoms with van der Waals surface area (Å²) in [4.78, 5) is 49.3. The Morgan fingerprint density at radius 2 is 1.39 bits per heavy atom. The van der Waals surface area contributed by atoms with Crippen LogP contribution >= 0.6 is 24.4 Å². The maximum Gasteiger partial charge on any atom is 0.317 e. The third kappa shape index (κ3) is 15.1. The van der Waals surface area contributed by atoms with Gasteiger partial charge in [0.25, 0.3) is 11.8 Å². The summed E-state index contributed by atoms with van der Waals surface area (Å²) in [7, 11) is 1.54. The number of carbonyl (C=O) groups is 4. The average molecular weight is 572 g/mol. The van der Waals surface area contributed by atoms with Crippen molar-refractivity contribution < 1.29 is 34.5 Å². The summed E-state index contributed by atoms with van der Waals surface area (Å²) in [5.41, 5.74) is 12.5. The molecule has 0 aliphatic heterocycles. The number of thiocarbonyl (C=S) groups is 2. The molecule has 0 saturated carbocycles. The number of carboxylic acids is 2. The first-order valence-electron chi connectivity index (χ1n) is 10.8. The number of hydrazone groups is 1. The number of aromatic hydroxyl groups is 1. The maximum absolute atomic E-state index is 12.3. The average Bonchev–Trinajstić information content (AvgIpc) is 2.83. The van der Waals surface area contributed by atoms with Crippen LogP contribution in [0.2, 0.25) is 0 Å². The van der Waals surface area contributed by atoms with Crippen LogP contribution in [0.4, 0.5) is 0 Å². The fourth-order valence-corrected chi connectivity index (χ4v) is 2.85. The van der Waals surface area contributed by atoms with Gasteiger partial charge in [-0.1, -0.05) is 12.1 Å². The topological polar surface area (TPSA) is 220 Å². The van der Waals surface area contributed by atoms with Crippen LogP contribution in [0.1, 0.15) is 5.56 Å². The third-order valence-corrected chi connectivity index (χ3v) is 4.79. The molecule has 0 unspecified atom stereocenters. The first-order chi connectivity index (χ1) is 18.0. The lowest BCUT2D eigenvalue weighted by molar-refractivity contribution is -0.141. The van der Waals surface area contributed by atoms with Gasteiger partial charge in [0.2, 0.25) is 5.11 Å². The number of carbonyl (C=O) groups excluding carboxylic acids is 2. The van der Waals surface area contributed by atoms with Crippen molar-refractivity contribution in [3.05, 3.63) is 29.8 Å². The molecule has 0 aliphatic rings. The van der Waals surface area contributed by atoms with Crippen molar-refractivity contribution in [1.29, 1.82) is 0 Å². The van der Waals surface area contributed by atoms with E-state index in [1.54, 1.807) is 12.1 Å².